The Bertz CT molecular complexity index is 381. The largest absolute Gasteiger partial charge is 0.479 e. The summed E-state index contributed by atoms with van der Waals surface area (Å²) in [6.45, 7) is 0. The van der Waals surface area contributed by atoms with Gasteiger partial charge < -0.3 is 10.2 Å². The zero-order chi connectivity index (χ0) is 12.1. The number of aliphatic hydroxyl groups excluding tert-OH is 1. The minimum atomic E-state index is -1.43. The highest BCUT2D eigenvalue weighted by molar-refractivity contribution is 14.1. The van der Waals surface area contributed by atoms with E-state index in [0.717, 1.165) is 27.3 Å². The number of carbonyl (C=O) groups is 1. The van der Waals surface area contributed by atoms with E-state index in [1.165, 1.54) is 0 Å². The summed E-state index contributed by atoms with van der Waals surface area (Å²) in [4.78, 5) is 10.7. The number of carboxylic acid groups (broad SMARTS) is 1. The number of rotatable bonds is 5. The summed E-state index contributed by atoms with van der Waals surface area (Å²) in [5.41, 5.74) is 1.52. The fraction of sp³-hybridized carbons (Fsp3) is 0.364. The summed E-state index contributed by atoms with van der Waals surface area (Å²) in [5, 5.41) is 19.2. The van der Waals surface area contributed by atoms with E-state index in [9.17, 15) is 9.90 Å². The number of hydrogen-bond acceptors (Lipinski definition) is 2. The van der Waals surface area contributed by atoms with E-state index in [1.807, 2.05) is 34.7 Å². The third-order valence-electron chi connectivity index (χ3n) is 2.19. The molecule has 2 N–H and O–H groups in total. The molecule has 16 heavy (non-hydrogen) atoms. The molecule has 1 rings (SSSR count). The molecule has 0 aliphatic rings. The van der Waals surface area contributed by atoms with Crippen LogP contribution in [-0.4, -0.2) is 21.5 Å². The molecule has 3 nitrogen and oxygen atoms in total. The van der Waals surface area contributed by atoms with Gasteiger partial charge in [-0.15, -0.1) is 0 Å². The van der Waals surface area contributed by atoms with Crippen LogP contribution in [0.25, 0.3) is 0 Å². The lowest BCUT2D eigenvalue weighted by atomic mass is 10.0. The molecule has 0 amide bonds. The van der Waals surface area contributed by atoms with E-state index >= 15 is 0 Å². The maximum Gasteiger partial charge on any atom is 0.337 e. The predicted molar refractivity (Wildman–Crippen MR) is 73.9 cm³/mol. The van der Waals surface area contributed by atoms with Crippen molar-refractivity contribution in [3.8, 4) is 0 Å². The second-order valence-electron chi connectivity index (χ2n) is 3.39. The van der Waals surface area contributed by atoms with Crippen molar-refractivity contribution in [1.29, 1.82) is 0 Å². The third-order valence-corrected chi connectivity index (χ3v) is 3.73. The topological polar surface area (TPSA) is 57.5 Å². The zero-order valence-electron chi connectivity index (χ0n) is 8.49. The fourth-order valence-electron chi connectivity index (χ4n) is 1.36. The van der Waals surface area contributed by atoms with Crippen LogP contribution in [0.15, 0.2) is 18.2 Å². The van der Waals surface area contributed by atoms with Crippen molar-refractivity contribution < 1.29 is 15.0 Å². The van der Waals surface area contributed by atoms with Gasteiger partial charge in [-0.1, -0.05) is 28.1 Å². The van der Waals surface area contributed by atoms with Gasteiger partial charge in [0.2, 0.25) is 0 Å². The molecule has 5 heteroatoms. The molecule has 0 saturated carbocycles. The van der Waals surface area contributed by atoms with Crippen molar-refractivity contribution in [1.82, 2.24) is 0 Å². The van der Waals surface area contributed by atoms with Gasteiger partial charge in [-0.2, -0.15) is 0 Å². The minimum Gasteiger partial charge on any atom is -0.479 e. The number of halogens is 2. The molecule has 0 aliphatic carbocycles. The predicted octanol–water partition coefficient (Wildman–Crippen LogP) is 2.74. The molecule has 0 saturated heterocycles. The Balaban J connectivity index is 2.94. The molecular formula is C11H12BrIO3. The number of aliphatic carboxylic acids is 1. The lowest BCUT2D eigenvalue weighted by Gasteiger charge is -2.10. The molecule has 1 atom stereocenters. The first-order valence-corrected chi connectivity index (χ1v) is 7.01. The highest BCUT2D eigenvalue weighted by Gasteiger charge is 2.18. The highest BCUT2D eigenvalue weighted by atomic mass is 127. The van der Waals surface area contributed by atoms with Crippen molar-refractivity contribution in [3.63, 3.8) is 0 Å². The van der Waals surface area contributed by atoms with Crippen LogP contribution in [0.3, 0.4) is 0 Å². The van der Waals surface area contributed by atoms with Gasteiger partial charge in [-0.05, 0) is 47.1 Å². The summed E-state index contributed by atoms with van der Waals surface area (Å²) >= 11 is 5.38. The van der Waals surface area contributed by atoms with E-state index in [0.29, 0.717) is 5.56 Å². The molecule has 0 fully saturated rings. The van der Waals surface area contributed by atoms with Gasteiger partial charge in [-0.3, -0.25) is 0 Å². The summed E-state index contributed by atoms with van der Waals surface area (Å²) in [6.07, 6.45) is 0.431. The second-order valence-corrected chi connectivity index (χ2v) is 5.34. The summed E-state index contributed by atoms with van der Waals surface area (Å²) in [7, 11) is 0. The van der Waals surface area contributed by atoms with Crippen LogP contribution in [0, 0.1) is 3.57 Å². The minimum absolute atomic E-state index is 0.472. The van der Waals surface area contributed by atoms with Crippen LogP contribution in [0.4, 0.5) is 0 Å². The van der Waals surface area contributed by atoms with Gasteiger partial charge >= 0.3 is 5.97 Å². The lowest BCUT2D eigenvalue weighted by molar-refractivity contribution is -0.147. The fourth-order valence-corrected chi connectivity index (χ4v) is 2.27. The van der Waals surface area contributed by atoms with Gasteiger partial charge in [-0.25, -0.2) is 4.79 Å². The van der Waals surface area contributed by atoms with Crippen molar-refractivity contribution >= 4 is 44.5 Å². The van der Waals surface area contributed by atoms with Gasteiger partial charge in [0.05, 0.1) is 0 Å². The van der Waals surface area contributed by atoms with E-state index in [1.54, 1.807) is 6.07 Å². The Labute approximate surface area is 116 Å². The molecule has 1 aromatic rings. The van der Waals surface area contributed by atoms with Gasteiger partial charge in [0.15, 0.2) is 6.10 Å². The number of hydrogen-bond donors (Lipinski definition) is 2. The molecule has 0 heterocycles. The third kappa shape index (κ3) is 3.71. The van der Waals surface area contributed by atoms with Crippen LogP contribution in [0.1, 0.15) is 23.7 Å². The first-order valence-electron chi connectivity index (χ1n) is 4.81. The van der Waals surface area contributed by atoms with Crippen molar-refractivity contribution in [2.24, 2.45) is 0 Å². The van der Waals surface area contributed by atoms with E-state index < -0.39 is 12.1 Å². The molecule has 88 valence electrons. The first kappa shape index (κ1) is 13.9. The Morgan fingerprint density at radius 1 is 1.50 bits per heavy atom. The summed E-state index contributed by atoms with van der Waals surface area (Å²) in [5.74, 6) is -1.21. The maximum absolute atomic E-state index is 10.7. The number of alkyl halides is 1. The van der Waals surface area contributed by atoms with E-state index in [4.69, 9.17) is 5.11 Å². The summed E-state index contributed by atoms with van der Waals surface area (Å²) < 4.78 is 0.773. The molecular weight excluding hydrogens is 387 g/mol. The standard InChI is InChI=1S/C11H12BrIO3/c12-5-1-2-7-3-4-9(13)8(6-7)10(14)11(15)16/h3-4,6,10,14H,1-2,5H2,(H,15,16). The quantitative estimate of drug-likeness (QED) is 0.592. The van der Waals surface area contributed by atoms with Crippen LogP contribution in [-0.2, 0) is 11.2 Å². The highest BCUT2D eigenvalue weighted by Crippen LogP contribution is 2.22. The van der Waals surface area contributed by atoms with E-state index in [-0.39, 0.29) is 0 Å². The molecule has 1 unspecified atom stereocenters. The Morgan fingerprint density at radius 3 is 2.75 bits per heavy atom. The normalized spacial score (nSPS) is 12.4. The van der Waals surface area contributed by atoms with Crippen LogP contribution < -0.4 is 0 Å². The van der Waals surface area contributed by atoms with Gasteiger partial charge in [0.25, 0.3) is 0 Å². The molecule has 0 bridgehead atoms. The summed E-state index contributed by atoms with van der Waals surface area (Å²) in [6, 6.07) is 5.57. The maximum atomic E-state index is 10.7. The number of aliphatic hydroxyl groups is 1. The molecule has 0 spiro atoms. The van der Waals surface area contributed by atoms with Crippen LogP contribution in [0.2, 0.25) is 0 Å². The average molecular weight is 399 g/mol. The molecule has 0 aromatic heterocycles. The Hall–Kier alpha value is -0.140. The Morgan fingerprint density at radius 2 is 2.19 bits per heavy atom. The van der Waals surface area contributed by atoms with Crippen LogP contribution >= 0.6 is 38.5 Å². The second kappa shape index (κ2) is 6.56. The van der Waals surface area contributed by atoms with Crippen LogP contribution in [0.5, 0.6) is 0 Å². The zero-order valence-corrected chi connectivity index (χ0v) is 12.2. The molecule has 0 aliphatic heterocycles. The number of benzene rings is 1. The van der Waals surface area contributed by atoms with Crippen molar-refractivity contribution in [2.75, 3.05) is 5.33 Å². The molecule has 1 aromatic carbocycles. The van der Waals surface area contributed by atoms with E-state index in [2.05, 4.69) is 15.9 Å². The lowest BCUT2D eigenvalue weighted by Crippen LogP contribution is -2.12. The Kier molecular flexibility index (Phi) is 5.71. The van der Waals surface area contributed by atoms with Gasteiger partial charge in [0.1, 0.15) is 0 Å². The van der Waals surface area contributed by atoms with Gasteiger partial charge in [0, 0.05) is 14.5 Å². The average Bonchev–Trinajstić information content (AvgIpc) is 2.27. The first-order chi connectivity index (χ1) is 7.56. The van der Waals surface area contributed by atoms with Crippen molar-refractivity contribution in [2.45, 2.75) is 18.9 Å². The smallest absolute Gasteiger partial charge is 0.337 e. The number of aryl methyl sites for hydroxylation is 1. The van der Waals surface area contributed by atoms with Crippen molar-refractivity contribution in [3.05, 3.63) is 32.9 Å². The number of carboxylic acids is 1. The SMILES string of the molecule is O=C(O)C(O)c1cc(CCCBr)ccc1I. The molecule has 0 radical (unpaired) electrons. The monoisotopic (exact) mass is 398 g/mol.